The van der Waals surface area contributed by atoms with Crippen molar-refractivity contribution in [2.45, 2.75) is 51.4 Å². The minimum Gasteiger partial charge on any atom is -0.508 e. The highest BCUT2D eigenvalue weighted by Crippen LogP contribution is 2.38. The van der Waals surface area contributed by atoms with Gasteiger partial charge < -0.3 is 30.6 Å². The average molecular weight is 420 g/mol. The molecule has 2 rings (SSSR count). The summed E-state index contributed by atoms with van der Waals surface area (Å²) in [6.45, 7) is 0. The van der Waals surface area contributed by atoms with Crippen molar-refractivity contribution in [3.8, 4) is 34.1 Å². The van der Waals surface area contributed by atoms with Gasteiger partial charge in [0.25, 0.3) is 0 Å². The Morgan fingerprint density at radius 2 is 0.900 bits per heavy atom. The molecule has 0 fully saturated rings. The van der Waals surface area contributed by atoms with Crippen molar-refractivity contribution >= 4 is 11.9 Å². The van der Waals surface area contributed by atoms with Crippen molar-refractivity contribution in [3.63, 3.8) is 0 Å². The zero-order valence-corrected chi connectivity index (χ0v) is 16.6. The highest BCUT2D eigenvalue weighted by atomic mass is 16.4. The van der Waals surface area contributed by atoms with Gasteiger partial charge >= 0.3 is 11.9 Å². The Bertz CT molecular complexity index is 762. The van der Waals surface area contributed by atoms with Crippen molar-refractivity contribution in [2.24, 2.45) is 0 Å². The van der Waals surface area contributed by atoms with E-state index >= 15 is 0 Å². The molecule has 0 aliphatic heterocycles. The van der Waals surface area contributed by atoms with E-state index in [0.717, 1.165) is 38.5 Å². The lowest BCUT2D eigenvalue weighted by molar-refractivity contribution is -0.138. The number of aliphatic carboxylic acids is 2. The fourth-order valence-corrected chi connectivity index (χ4v) is 2.74. The van der Waals surface area contributed by atoms with Gasteiger partial charge in [0.1, 0.15) is 23.0 Å². The largest absolute Gasteiger partial charge is 0.508 e. The van der Waals surface area contributed by atoms with Gasteiger partial charge in [-0.15, -0.1) is 0 Å². The first-order chi connectivity index (χ1) is 14.2. The average Bonchev–Trinajstić information content (AvgIpc) is 2.68. The molecule has 0 aromatic heterocycles. The molecule has 0 heterocycles. The Labute approximate surface area is 174 Å². The number of phenols is 4. The predicted octanol–water partition coefficient (Wildman–Crippen LogP) is 4.45. The Morgan fingerprint density at radius 3 is 1.23 bits per heavy atom. The number of hydrogen-bond acceptors (Lipinski definition) is 6. The molecule has 0 saturated carbocycles. The lowest BCUT2D eigenvalue weighted by Crippen LogP contribution is -1.94. The first kappa shape index (κ1) is 24.6. The zero-order chi connectivity index (χ0) is 22.5. The van der Waals surface area contributed by atoms with Crippen LogP contribution in [0.2, 0.25) is 0 Å². The molecule has 0 amide bonds. The number of phenolic OH excluding ortho intramolecular Hbond substituents is 4. The smallest absolute Gasteiger partial charge is 0.303 e. The number of benzene rings is 2. The topological polar surface area (TPSA) is 156 Å². The first-order valence-corrected chi connectivity index (χ1v) is 9.68. The number of aromatic hydroxyl groups is 4. The van der Waals surface area contributed by atoms with Gasteiger partial charge in [-0.2, -0.15) is 0 Å². The molecule has 0 saturated heterocycles. The van der Waals surface area contributed by atoms with Crippen molar-refractivity contribution in [1.29, 1.82) is 0 Å². The second kappa shape index (κ2) is 12.9. The van der Waals surface area contributed by atoms with Gasteiger partial charge in [0.2, 0.25) is 0 Å². The number of rotatable bonds is 10. The zero-order valence-electron chi connectivity index (χ0n) is 16.6. The maximum absolute atomic E-state index is 10.1. The minimum atomic E-state index is -0.740. The third-order valence-electron chi connectivity index (χ3n) is 4.28. The SMILES string of the molecule is O=C(O)CCCCCCCCC(=O)O.Oc1ccc(O)c(-c2cc(O)ccc2O)c1. The molecule has 8 nitrogen and oxygen atoms in total. The second-order valence-electron chi connectivity index (χ2n) is 6.81. The van der Waals surface area contributed by atoms with Crippen molar-refractivity contribution in [2.75, 3.05) is 0 Å². The molecule has 164 valence electrons. The number of carbonyl (C=O) groups is 2. The van der Waals surface area contributed by atoms with E-state index in [9.17, 15) is 30.0 Å². The van der Waals surface area contributed by atoms with Crippen LogP contribution in [0.25, 0.3) is 11.1 Å². The highest BCUT2D eigenvalue weighted by Gasteiger charge is 2.10. The summed E-state index contributed by atoms with van der Waals surface area (Å²) in [4.78, 5) is 20.3. The quantitative estimate of drug-likeness (QED) is 0.243. The van der Waals surface area contributed by atoms with Crippen LogP contribution < -0.4 is 0 Å². The molecule has 2 aromatic carbocycles. The number of carboxylic acid groups (broad SMARTS) is 2. The molecule has 0 unspecified atom stereocenters. The van der Waals surface area contributed by atoms with Gasteiger partial charge in [-0.1, -0.05) is 25.7 Å². The molecule has 0 radical (unpaired) electrons. The van der Waals surface area contributed by atoms with Gasteiger partial charge in [-0.3, -0.25) is 9.59 Å². The van der Waals surface area contributed by atoms with Crippen LogP contribution in [0.15, 0.2) is 36.4 Å². The van der Waals surface area contributed by atoms with Crippen LogP contribution in [-0.4, -0.2) is 42.6 Å². The predicted molar refractivity (Wildman–Crippen MR) is 111 cm³/mol. The number of carboxylic acids is 2. The van der Waals surface area contributed by atoms with Crippen LogP contribution in [0.1, 0.15) is 51.4 Å². The summed E-state index contributed by atoms with van der Waals surface area (Å²) in [5.41, 5.74) is 0.516. The summed E-state index contributed by atoms with van der Waals surface area (Å²) in [6, 6.07) is 7.91. The Kier molecular flexibility index (Phi) is 10.6. The van der Waals surface area contributed by atoms with Crippen molar-refractivity contribution in [3.05, 3.63) is 36.4 Å². The van der Waals surface area contributed by atoms with E-state index in [-0.39, 0.29) is 47.0 Å². The lowest BCUT2D eigenvalue weighted by atomic mass is 10.0. The maximum atomic E-state index is 10.1. The first-order valence-electron chi connectivity index (χ1n) is 9.68. The molecule has 0 aliphatic rings. The molecule has 30 heavy (non-hydrogen) atoms. The van der Waals surface area contributed by atoms with Crippen molar-refractivity contribution < 1.29 is 40.2 Å². The summed E-state index contributed by atoms with van der Waals surface area (Å²) in [7, 11) is 0. The molecule has 0 atom stereocenters. The Morgan fingerprint density at radius 1 is 0.567 bits per heavy atom. The van der Waals surface area contributed by atoms with Crippen LogP contribution in [0.5, 0.6) is 23.0 Å². The number of hydrogen-bond donors (Lipinski definition) is 6. The minimum absolute atomic E-state index is 0.0319. The van der Waals surface area contributed by atoms with Crippen molar-refractivity contribution in [1.82, 2.24) is 0 Å². The van der Waals surface area contributed by atoms with Crippen LogP contribution in [-0.2, 0) is 9.59 Å². The van der Waals surface area contributed by atoms with E-state index in [1.807, 2.05) is 0 Å². The summed E-state index contributed by atoms with van der Waals surface area (Å²) in [6.07, 6.45) is 5.82. The normalized spacial score (nSPS) is 10.1. The van der Waals surface area contributed by atoms with E-state index in [2.05, 4.69) is 0 Å². The van der Waals surface area contributed by atoms with Gasteiger partial charge in [0.15, 0.2) is 0 Å². The number of unbranched alkanes of at least 4 members (excludes halogenated alkanes) is 5. The second-order valence-corrected chi connectivity index (χ2v) is 6.81. The summed E-state index contributed by atoms with van der Waals surface area (Å²) < 4.78 is 0. The Balaban J connectivity index is 0.000000304. The van der Waals surface area contributed by atoms with E-state index in [1.54, 1.807) is 0 Å². The van der Waals surface area contributed by atoms with Gasteiger partial charge in [0.05, 0.1) is 0 Å². The monoisotopic (exact) mass is 420 g/mol. The van der Waals surface area contributed by atoms with Crippen LogP contribution in [0, 0.1) is 0 Å². The fourth-order valence-electron chi connectivity index (χ4n) is 2.74. The fraction of sp³-hybridized carbons (Fsp3) is 0.364. The maximum Gasteiger partial charge on any atom is 0.303 e. The molecule has 0 spiro atoms. The Hall–Kier alpha value is -3.42. The van der Waals surface area contributed by atoms with E-state index in [4.69, 9.17) is 10.2 Å². The third kappa shape index (κ3) is 9.68. The molecule has 6 N–H and O–H groups in total. The molecule has 2 aromatic rings. The summed E-state index contributed by atoms with van der Waals surface area (Å²) in [5.74, 6) is -1.71. The third-order valence-corrected chi connectivity index (χ3v) is 4.28. The molecule has 0 aliphatic carbocycles. The standard InChI is InChI=1S/C12H10O4.C10H18O4/c13-7-1-3-11(15)9(5-7)10-6-8(14)2-4-12(10)16;11-9(12)7-5-3-1-2-4-6-8-10(13)14/h1-6,13-16H;1-8H2,(H,11,12)(H,13,14). The van der Waals surface area contributed by atoms with Gasteiger partial charge in [-0.25, -0.2) is 0 Å². The van der Waals surface area contributed by atoms with E-state index in [0.29, 0.717) is 0 Å². The van der Waals surface area contributed by atoms with Crippen LogP contribution in [0.4, 0.5) is 0 Å². The van der Waals surface area contributed by atoms with Gasteiger partial charge in [0, 0.05) is 24.0 Å². The molecule has 8 heteroatoms. The lowest BCUT2D eigenvalue weighted by Gasteiger charge is -2.08. The molecule has 0 bridgehead atoms. The van der Waals surface area contributed by atoms with Crippen LogP contribution in [0.3, 0.4) is 0 Å². The van der Waals surface area contributed by atoms with Crippen LogP contribution >= 0.6 is 0 Å². The van der Waals surface area contributed by atoms with E-state index in [1.165, 1.54) is 36.4 Å². The van der Waals surface area contributed by atoms with E-state index < -0.39 is 11.9 Å². The summed E-state index contributed by atoms with van der Waals surface area (Å²) in [5, 5.41) is 54.5. The molecular formula is C22H28O8. The highest BCUT2D eigenvalue weighted by molar-refractivity contribution is 5.77. The summed E-state index contributed by atoms with van der Waals surface area (Å²) >= 11 is 0. The van der Waals surface area contributed by atoms with Gasteiger partial charge in [-0.05, 0) is 49.2 Å². The molecular weight excluding hydrogens is 392 g/mol.